The second kappa shape index (κ2) is 7.05. The zero-order valence-electron chi connectivity index (χ0n) is 13.9. The summed E-state index contributed by atoms with van der Waals surface area (Å²) in [6.07, 6.45) is 2.10. The van der Waals surface area contributed by atoms with E-state index in [0.717, 1.165) is 5.56 Å². The molecule has 0 spiro atoms. The van der Waals surface area contributed by atoms with Gasteiger partial charge in [-0.3, -0.25) is 4.79 Å². The van der Waals surface area contributed by atoms with E-state index in [1.165, 1.54) is 6.20 Å². The van der Waals surface area contributed by atoms with Crippen molar-refractivity contribution in [1.29, 1.82) is 0 Å². The lowest BCUT2D eigenvalue weighted by Crippen LogP contribution is -2.33. The molecule has 10 heteroatoms. The van der Waals surface area contributed by atoms with Crippen LogP contribution in [0.2, 0.25) is 10.0 Å². The molecular weight excluding hydrogens is 391 g/mol. The van der Waals surface area contributed by atoms with E-state index in [1.54, 1.807) is 12.1 Å². The number of nitrogens with two attached hydrogens (primary N) is 1. The first-order valence-corrected chi connectivity index (χ1v) is 8.84. The summed E-state index contributed by atoms with van der Waals surface area (Å²) in [4.78, 5) is 22.2. The van der Waals surface area contributed by atoms with Crippen LogP contribution in [-0.2, 0) is 13.0 Å². The maximum atomic E-state index is 11.7. The van der Waals surface area contributed by atoms with Crippen LogP contribution in [0.1, 0.15) is 11.3 Å². The Hall–Kier alpha value is -2.84. The van der Waals surface area contributed by atoms with Gasteiger partial charge in [0, 0.05) is 12.1 Å². The van der Waals surface area contributed by atoms with E-state index < -0.39 is 5.56 Å². The number of ether oxygens (including phenoxy) is 1. The molecule has 3 N–H and O–H groups in total. The molecule has 138 valence electrons. The number of aromatic nitrogens is 4. The van der Waals surface area contributed by atoms with Gasteiger partial charge in [-0.05, 0) is 18.6 Å². The van der Waals surface area contributed by atoms with Gasteiger partial charge in [0.25, 0.3) is 5.56 Å². The van der Waals surface area contributed by atoms with Gasteiger partial charge in [0.05, 0.1) is 29.1 Å². The molecule has 0 fully saturated rings. The number of hydrogen-bond donors (Lipinski definition) is 2. The number of fused-ring (bicyclic) bond motifs is 1. The van der Waals surface area contributed by atoms with Crippen molar-refractivity contribution in [1.82, 2.24) is 20.2 Å². The number of nitrogen functional groups attached to an aromatic ring is 1. The fourth-order valence-electron chi connectivity index (χ4n) is 2.93. The smallest absolute Gasteiger partial charge is 0.285 e. The molecule has 0 aliphatic carbocycles. The molecule has 2 aromatic heterocycles. The Balaban J connectivity index is 1.69. The first kappa shape index (κ1) is 17.6. The summed E-state index contributed by atoms with van der Waals surface area (Å²) in [5, 5.41) is 6.68. The molecule has 0 radical (unpaired) electrons. The lowest BCUT2D eigenvalue weighted by Gasteiger charge is -2.30. The van der Waals surface area contributed by atoms with Gasteiger partial charge in [0.2, 0.25) is 11.8 Å². The summed E-state index contributed by atoms with van der Waals surface area (Å²) < 4.78 is 5.90. The molecule has 1 aliphatic rings. The Kier molecular flexibility index (Phi) is 4.59. The lowest BCUT2D eigenvalue weighted by atomic mass is 10.1. The predicted molar refractivity (Wildman–Crippen MR) is 103 cm³/mol. The number of halogens is 2. The van der Waals surface area contributed by atoms with Crippen molar-refractivity contribution in [2.45, 2.75) is 13.0 Å². The molecule has 1 aromatic carbocycles. The Bertz CT molecular complexity index is 1070. The number of anilines is 2. The van der Waals surface area contributed by atoms with Crippen molar-refractivity contribution < 1.29 is 4.74 Å². The van der Waals surface area contributed by atoms with E-state index in [0.29, 0.717) is 47.5 Å². The standard InChI is InChI=1S/C17H14Cl2N6O2/c18-10-3-1-2-4-13(10)27-16-9-5-6-25(8-11(9)22-17(20)23-16)12-7-21-24-15(26)14(12)19/h1-4,7H,5-6,8H2,(H,24,26)(H2,20,22,23). The maximum Gasteiger partial charge on any atom is 0.285 e. The van der Waals surface area contributed by atoms with E-state index >= 15 is 0 Å². The normalized spacial score (nSPS) is 13.3. The van der Waals surface area contributed by atoms with Crippen molar-refractivity contribution in [3.8, 4) is 11.6 Å². The van der Waals surface area contributed by atoms with Crippen LogP contribution < -0.4 is 20.9 Å². The zero-order valence-corrected chi connectivity index (χ0v) is 15.5. The van der Waals surface area contributed by atoms with Crippen LogP contribution in [0, 0.1) is 0 Å². The van der Waals surface area contributed by atoms with Crippen molar-refractivity contribution in [3.63, 3.8) is 0 Å². The Morgan fingerprint density at radius 1 is 1.22 bits per heavy atom. The van der Waals surface area contributed by atoms with E-state index in [-0.39, 0.29) is 11.0 Å². The average Bonchev–Trinajstić information content (AvgIpc) is 2.65. The highest BCUT2D eigenvalue weighted by molar-refractivity contribution is 6.33. The van der Waals surface area contributed by atoms with Crippen LogP contribution in [0.15, 0.2) is 35.3 Å². The molecule has 0 amide bonds. The van der Waals surface area contributed by atoms with Gasteiger partial charge < -0.3 is 15.4 Å². The molecule has 0 unspecified atom stereocenters. The highest BCUT2D eigenvalue weighted by Crippen LogP contribution is 2.34. The summed E-state index contributed by atoms with van der Waals surface area (Å²) in [6, 6.07) is 7.12. The van der Waals surface area contributed by atoms with E-state index in [2.05, 4.69) is 20.2 Å². The minimum Gasteiger partial charge on any atom is -0.437 e. The summed E-state index contributed by atoms with van der Waals surface area (Å²) in [7, 11) is 0. The quantitative estimate of drug-likeness (QED) is 0.690. The number of para-hydroxylation sites is 1. The predicted octanol–water partition coefficient (Wildman–Crippen LogP) is 2.80. The molecule has 0 atom stereocenters. The number of aromatic amines is 1. The average molecular weight is 405 g/mol. The van der Waals surface area contributed by atoms with Crippen LogP contribution in [-0.4, -0.2) is 26.7 Å². The number of rotatable bonds is 3. The fraction of sp³-hybridized carbons (Fsp3) is 0.176. The Labute approximate surface area is 163 Å². The molecule has 3 aromatic rings. The minimum atomic E-state index is -0.440. The minimum absolute atomic E-state index is 0.0861. The molecule has 0 bridgehead atoms. The van der Waals surface area contributed by atoms with Crippen molar-refractivity contribution in [2.75, 3.05) is 17.2 Å². The molecule has 4 rings (SSSR count). The SMILES string of the molecule is Nc1nc2c(c(Oc3ccccc3Cl)n1)CCN(c1cn[nH]c(=O)c1Cl)C2. The lowest BCUT2D eigenvalue weighted by molar-refractivity contribution is 0.451. The number of nitrogens with one attached hydrogen (secondary N) is 1. The fourth-order valence-corrected chi connectivity index (χ4v) is 3.32. The third-order valence-electron chi connectivity index (χ3n) is 4.21. The van der Waals surface area contributed by atoms with Crippen LogP contribution in [0.3, 0.4) is 0 Å². The second-order valence-electron chi connectivity index (χ2n) is 5.91. The first-order chi connectivity index (χ1) is 13.0. The van der Waals surface area contributed by atoms with Crippen molar-refractivity contribution in [3.05, 3.63) is 62.1 Å². The maximum absolute atomic E-state index is 11.7. The molecule has 1 aliphatic heterocycles. The van der Waals surface area contributed by atoms with E-state index in [4.69, 9.17) is 33.7 Å². The van der Waals surface area contributed by atoms with Gasteiger partial charge >= 0.3 is 0 Å². The monoisotopic (exact) mass is 404 g/mol. The van der Waals surface area contributed by atoms with E-state index in [1.807, 2.05) is 17.0 Å². The van der Waals surface area contributed by atoms with Gasteiger partial charge in [-0.15, -0.1) is 0 Å². The first-order valence-electron chi connectivity index (χ1n) is 8.08. The van der Waals surface area contributed by atoms with Crippen LogP contribution in [0.25, 0.3) is 0 Å². The number of H-pyrrole nitrogens is 1. The number of hydrogen-bond acceptors (Lipinski definition) is 7. The Morgan fingerprint density at radius 2 is 2.04 bits per heavy atom. The molecule has 3 heterocycles. The highest BCUT2D eigenvalue weighted by Gasteiger charge is 2.25. The van der Waals surface area contributed by atoms with Gasteiger partial charge in [0.15, 0.2) is 0 Å². The Morgan fingerprint density at radius 3 is 2.85 bits per heavy atom. The summed E-state index contributed by atoms with van der Waals surface area (Å²) >= 11 is 12.3. The summed E-state index contributed by atoms with van der Waals surface area (Å²) in [5.74, 6) is 0.955. The summed E-state index contributed by atoms with van der Waals surface area (Å²) in [6.45, 7) is 0.982. The van der Waals surface area contributed by atoms with Gasteiger partial charge in [-0.1, -0.05) is 35.3 Å². The highest BCUT2D eigenvalue weighted by atomic mass is 35.5. The number of benzene rings is 1. The van der Waals surface area contributed by atoms with Gasteiger partial charge in [0.1, 0.15) is 10.8 Å². The third kappa shape index (κ3) is 3.41. The summed E-state index contributed by atoms with van der Waals surface area (Å²) in [5.41, 5.74) is 7.51. The molecule has 0 saturated carbocycles. The largest absolute Gasteiger partial charge is 0.437 e. The van der Waals surface area contributed by atoms with Crippen LogP contribution in [0.4, 0.5) is 11.6 Å². The van der Waals surface area contributed by atoms with Gasteiger partial charge in [-0.25, -0.2) is 10.1 Å². The van der Waals surface area contributed by atoms with Crippen LogP contribution >= 0.6 is 23.2 Å². The van der Waals surface area contributed by atoms with Gasteiger partial charge in [-0.2, -0.15) is 10.1 Å². The third-order valence-corrected chi connectivity index (χ3v) is 4.88. The topological polar surface area (TPSA) is 110 Å². The second-order valence-corrected chi connectivity index (χ2v) is 6.70. The van der Waals surface area contributed by atoms with Crippen LogP contribution in [0.5, 0.6) is 11.6 Å². The van der Waals surface area contributed by atoms with Crippen molar-refractivity contribution in [2.24, 2.45) is 0 Å². The molecule has 8 nitrogen and oxygen atoms in total. The molecule has 27 heavy (non-hydrogen) atoms. The van der Waals surface area contributed by atoms with Crippen molar-refractivity contribution >= 4 is 34.8 Å². The van der Waals surface area contributed by atoms with E-state index in [9.17, 15) is 4.79 Å². The molecular formula is C17H14Cl2N6O2. The number of nitrogens with zero attached hydrogens (tertiary/aromatic N) is 4. The zero-order chi connectivity index (χ0) is 19.0. The molecule has 0 saturated heterocycles.